The van der Waals surface area contributed by atoms with Crippen LogP contribution in [0.3, 0.4) is 0 Å². The molecule has 2 rings (SSSR count). The lowest BCUT2D eigenvalue weighted by Crippen LogP contribution is -2.02. The van der Waals surface area contributed by atoms with Crippen molar-refractivity contribution in [3.63, 3.8) is 0 Å². The fourth-order valence-electron chi connectivity index (χ4n) is 1.84. The second kappa shape index (κ2) is 5.80. The normalized spacial score (nSPS) is 12.4. The molecule has 0 saturated carbocycles. The van der Waals surface area contributed by atoms with Gasteiger partial charge in [-0.3, -0.25) is 0 Å². The topological polar surface area (TPSA) is 20.2 Å². The molecule has 94 valence electrons. The van der Waals surface area contributed by atoms with Crippen molar-refractivity contribution in [2.24, 2.45) is 0 Å². The predicted octanol–water partition coefficient (Wildman–Crippen LogP) is 4.07. The Hall–Kier alpha value is -0.940. The first-order chi connectivity index (χ1) is 8.61. The Labute approximate surface area is 120 Å². The molecule has 18 heavy (non-hydrogen) atoms. The number of hydrogen-bond donors (Lipinski definition) is 1. The summed E-state index contributed by atoms with van der Waals surface area (Å²) in [4.78, 5) is 0. The summed E-state index contributed by atoms with van der Waals surface area (Å²) in [5.41, 5.74) is 2.80. The van der Waals surface area contributed by atoms with Gasteiger partial charge < -0.3 is 5.11 Å². The van der Waals surface area contributed by atoms with Crippen LogP contribution < -0.4 is 0 Å². The lowest BCUT2D eigenvalue weighted by molar-refractivity contribution is 0.219. The first kappa shape index (κ1) is 13.5. The van der Waals surface area contributed by atoms with E-state index < -0.39 is 6.10 Å². The highest BCUT2D eigenvalue weighted by molar-refractivity contribution is 14.1. The fourth-order valence-corrected chi connectivity index (χ4v) is 2.61. The summed E-state index contributed by atoms with van der Waals surface area (Å²) in [5, 5.41) is 10.3. The van der Waals surface area contributed by atoms with E-state index in [1.807, 2.05) is 46.9 Å². The van der Waals surface area contributed by atoms with Crippen LogP contribution in [-0.2, 0) is 6.42 Å². The van der Waals surface area contributed by atoms with Gasteiger partial charge in [0.15, 0.2) is 0 Å². The summed E-state index contributed by atoms with van der Waals surface area (Å²) >= 11 is 2.04. The highest BCUT2D eigenvalue weighted by atomic mass is 127. The second-order valence-electron chi connectivity index (χ2n) is 4.16. The van der Waals surface area contributed by atoms with E-state index in [-0.39, 0.29) is 5.82 Å². The Morgan fingerprint density at radius 2 is 1.83 bits per heavy atom. The third-order valence-electron chi connectivity index (χ3n) is 2.96. The summed E-state index contributed by atoms with van der Waals surface area (Å²) in [6.07, 6.45) is 0.271. The molecule has 0 amide bonds. The molecule has 1 N–H and O–H groups in total. The van der Waals surface area contributed by atoms with Gasteiger partial charge in [0.1, 0.15) is 11.9 Å². The molecule has 0 saturated heterocycles. The van der Waals surface area contributed by atoms with E-state index in [1.54, 1.807) is 6.07 Å². The van der Waals surface area contributed by atoms with Gasteiger partial charge in [0.05, 0.1) is 0 Å². The molecule has 3 heteroatoms. The van der Waals surface area contributed by atoms with Gasteiger partial charge in [-0.2, -0.15) is 0 Å². The largest absolute Gasteiger partial charge is 0.384 e. The Balaban J connectivity index is 2.31. The molecule has 0 spiro atoms. The maximum Gasteiger partial charge on any atom is 0.124 e. The van der Waals surface area contributed by atoms with Crippen molar-refractivity contribution >= 4 is 22.6 Å². The predicted molar refractivity (Wildman–Crippen MR) is 79.0 cm³/mol. The van der Waals surface area contributed by atoms with Crippen LogP contribution in [0.25, 0.3) is 0 Å². The Morgan fingerprint density at radius 1 is 1.17 bits per heavy atom. The first-order valence-corrected chi connectivity index (χ1v) is 6.91. The molecule has 0 aliphatic heterocycles. The zero-order chi connectivity index (χ0) is 13.1. The van der Waals surface area contributed by atoms with Crippen LogP contribution in [0.15, 0.2) is 42.5 Å². The quantitative estimate of drug-likeness (QED) is 0.822. The number of aliphatic hydroxyl groups excluding tert-OH is 1. The Bertz CT molecular complexity index is 537. The average Bonchev–Trinajstić information content (AvgIpc) is 2.38. The second-order valence-corrected chi connectivity index (χ2v) is 5.33. The molecule has 0 aliphatic carbocycles. The zero-order valence-electron chi connectivity index (χ0n) is 10.0. The lowest BCUT2D eigenvalue weighted by Gasteiger charge is -2.14. The van der Waals surface area contributed by atoms with E-state index in [2.05, 4.69) is 6.92 Å². The molecule has 0 radical (unpaired) electrons. The van der Waals surface area contributed by atoms with E-state index in [0.717, 1.165) is 21.1 Å². The summed E-state index contributed by atoms with van der Waals surface area (Å²) in [7, 11) is 0. The Morgan fingerprint density at radius 3 is 2.39 bits per heavy atom. The number of halogens is 2. The smallest absolute Gasteiger partial charge is 0.124 e. The van der Waals surface area contributed by atoms with Crippen LogP contribution in [0.5, 0.6) is 0 Å². The van der Waals surface area contributed by atoms with E-state index in [1.165, 1.54) is 17.7 Å². The van der Waals surface area contributed by atoms with Crippen molar-refractivity contribution in [3.05, 3.63) is 68.5 Å². The summed E-state index contributed by atoms with van der Waals surface area (Å²) in [5.74, 6) is -0.281. The molecule has 1 atom stereocenters. The van der Waals surface area contributed by atoms with Crippen molar-refractivity contribution in [2.75, 3.05) is 0 Å². The highest BCUT2D eigenvalue weighted by Gasteiger charge is 2.13. The SMILES string of the molecule is CCc1ccc(C(O)c2ccc(F)cc2I)cc1. The molecule has 2 aromatic carbocycles. The summed E-state index contributed by atoms with van der Waals surface area (Å²) < 4.78 is 13.8. The van der Waals surface area contributed by atoms with Gasteiger partial charge in [-0.05, 0) is 57.8 Å². The third-order valence-corrected chi connectivity index (χ3v) is 3.90. The van der Waals surface area contributed by atoms with Gasteiger partial charge in [-0.1, -0.05) is 37.3 Å². The number of benzene rings is 2. The van der Waals surface area contributed by atoms with Gasteiger partial charge in [-0.25, -0.2) is 4.39 Å². The first-order valence-electron chi connectivity index (χ1n) is 5.83. The van der Waals surface area contributed by atoms with E-state index in [0.29, 0.717) is 0 Å². The third kappa shape index (κ3) is 2.90. The van der Waals surface area contributed by atoms with E-state index in [4.69, 9.17) is 0 Å². The van der Waals surface area contributed by atoms with Crippen LogP contribution in [0.4, 0.5) is 4.39 Å². The van der Waals surface area contributed by atoms with Crippen LogP contribution in [0.1, 0.15) is 29.7 Å². The molecular formula is C15H14FIO. The molecule has 0 heterocycles. The van der Waals surface area contributed by atoms with Gasteiger partial charge in [-0.15, -0.1) is 0 Å². The number of rotatable bonds is 3. The lowest BCUT2D eigenvalue weighted by atomic mass is 10.00. The minimum Gasteiger partial charge on any atom is -0.384 e. The fraction of sp³-hybridized carbons (Fsp3) is 0.200. The van der Waals surface area contributed by atoms with Crippen LogP contribution >= 0.6 is 22.6 Å². The van der Waals surface area contributed by atoms with Crippen LogP contribution in [0.2, 0.25) is 0 Å². The number of aryl methyl sites for hydroxylation is 1. The highest BCUT2D eigenvalue weighted by Crippen LogP contribution is 2.26. The summed E-state index contributed by atoms with van der Waals surface area (Å²) in [6.45, 7) is 2.09. The standard InChI is InChI=1S/C15H14FIO/c1-2-10-3-5-11(6-4-10)15(18)13-8-7-12(16)9-14(13)17/h3-9,15,18H,2H2,1H3. The van der Waals surface area contributed by atoms with Gasteiger partial charge in [0.25, 0.3) is 0 Å². The molecule has 0 bridgehead atoms. The molecule has 0 aromatic heterocycles. The van der Waals surface area contributed by atoms with Gasteiger partial charge >= 0.3 is 0 Å². The minimum atomic E-state index is -0.705. The monoisotopic (exact) mass is 356 g/mol. The van der Waals surface area contributed by atoms with Gasteiger partial charge in [0, 0.05) is 3.57 Å². The maximum atomic E-state index is 13.0. The van der Waals surface area contributed by atoms with Crippen molar-refractivity contribution in [2.45, 2.75) is 19.4 Å². The Kier molecular flexibility index (Phi) is 4.35. The minimum absolute atomic E-state index is 0.281. The van der Waals surface area contributed by atoms with Crippen LogP contribution in [-0.4, -0.2) is 5.11 Å². The van der Waals surface area contributed by atoms with E-state index >= 15 is 0 Å². The zero-order valence-corrected chi connectivity index (χ0v) is 12.2. The van der Waals surface area contributed by atoms with Gasteiger partial charge in [0.2, 0.25) is 0 Å². The van der Waals surface area contributed by atoms with Crippen LogP contribution in [0, 0.1) is 9.39 Å². The number of aliphatic hydroxyl groups is 1. The number of hydrogen-bond acceptors (Lipinski definition) is 1. The summed E-state index contributed by atoms with van der Waals surface area (Å²) in [6, 6.07) is 12.3. The van der Waals surface area contributed by atoms with Crippen molar-refractivity contribution in [1.82, 2.24) is 0 Å². The molecule has 0 fully saturated rings. The van der Waals surface area contributed by atoms with Crippen molar-refractivity contribution < 1.29 is 9.50 Å². The molecular weight excluding hydrogens is 342 g/mol. The van der Waals surface area contributed by atoms with Crippen molar-refractivity contribution in [3.8, 4) is 0 Å². The molecule has 1 unspecified atom stereocenters. The molecule has 1 nitrogen and oxygen atoms in total. The maximum absolute atomic E-state index is 13.0. The van der Waals surface area contributed by atoms with Crippen molar-refractivity contribution in [1.29, 1.82) is 0 Å². The molecule has 2 aromatic rings. The molecule has 0 aliphatic rings. The average molecular weight is 356 g/mol. The van der Waals surface area contributed by atoms with E-state index in [9.17, 15) is 9.50 Å².